The van der Waals surface area contributed by atoms with Crippen LogP contribution in [-0.2, 0) is 22.6 Å². The van der Waals surface area contributed by atoms with E-state index in [1.807, 2.05) is 30.3 Å². The Morgan fingerprint density at radius 3 is 2.41 bits per heavy atom. The van der Waals surface area contributed by atoms with Gasteiger partial charge in [-0.15, -0.1) is 15.0 Å². The number of benzene rings is 3. The number of aromatic nitrogens is 3. The molecule has 0 amide bonds. The molecule has 3 aromatic carbocycles. The van der Waals surface area contributed by atoms with E-state index in [1.165, 1.54) is 21.5 Å². The number of phenols is 1. The lowest BCUT2D eigenvalue weighted by molar-refractivity contribution is -0.129. The monoisotopic (exact) mass is 387 g/mol. The summed E-state index contributed by atoms with van der Waals surface area (Å²) >= 11 is 0. The number of carbonyl (C=O) groups is 1. The van der Waals surface area contributed by atoms with Crippen LogP contribution in [0.2, 0.25) is 0 Å². The summed E-state index contributed by atoms with van der Waals surface area (Å²) in [6, 6.07) is 17.3. The molecule has 0 unspecified atom stereocenters. The molecule has 4 aromatic rings. The molecule has 0 fully saturated rings. The molecule has 0 saturated heterocycles. The summed E-state index contributed by atoms with van der Waals surface area (Å²) in [6.45, 7) is 4.80. The average Bonchev–Trinajstić information content (AvgIpc) is 3.12. The third kappa shape index (κ3) is 3.82. The van der Waals surface area contributed by atoms with Gasteiger partial charge in [0.15, 0.2) is 0 Å². The summed E-state index contributed by atoms with van der Waals surface area (Å²) in [7, 11) is 0. The molecule has 0 aliphatic carbocycles. The minimum Gasteiger partial charge on any atom is -0.506 e. The highest BCUT2D eigenvalue weighted by Crippen LogP contribution is 2.26. The largest absolute Gasteiger partial charge is 0.506 e. The third-order valence-corrected chi connectivity index (χ3v) is 5.04. The Kier molecular flexibility index (Phi) is 4.99. The molecule has 0 aliphatic rings. The summed E-state index contributed by atoms with van der Waals surface area (Å²) in [4.78, 5) is 11.8. The van der Waals surface area contributed by atoms with Crippen LogP contribution in [0.3, 0.4) is 0 Å². The molecular weight excluding hydrogens is 366 g/mol. The van der Waals surface area contributed by atoms with Gasteiger partial charge in [-0.05, 0) is 72.4 Å². The SMILES string of the molecule is Cc1cccc(C)c1Cc1ccc(-n2nc3ccc(COC=O)cc3n2)c(O)c1. The Morgan fingerprint density at radius 1 is 0.966 bits per heavy atom. The van der Waals surface area contributed by atoms with Crippen molar-refractivity contribution in [2.24, 2.45) is 0 Å². The quantitative estimate of drug-likeness (QED) is 0.506. The summed E-state index contributed by atoms with van der Waals surface area (Å²) in [5.41, 5.74) is 7.46. The van der Waals surface area contributed by atoms with Gasteiger partial charge in [0.25, 0.3) is 6.47 Å². The molecule has 0 aliphatic heterocycles. The van der Waals surface area contributed by atoms with Crippen LogP contribution in [-0.4, -0.2) is 26.6 Å². The minimum absolute atomic E-state index is 0.124. The Bertz CT molecular complexity index is 1180. The maximum Gasteiger partial charge on any atom is 0.293 e. The highest BCUT2D eigenvalue weighted by molar-refractivity contribution is 5.75. The topological polar surface area (TPSA) is 77.2 Å². The highest BCUT2D eigenvalue weighted by Gasteiger charge is 2.11. The number of phenolic OH excluding ortho intramolecular Hbond substituents is 1. The number of rotatable bonds is 6. The van der Waals surface area contributed by atoms with E-state index in [0.717, 1.165) is 17.5 Å². The van der Waals surface area contributed by atoms with Crippen molar-refractivity contribution in [3.63, 3.8) is 0 Å². The molecule has 4 rings (SSSR count). The van der Waals surface area contributed by atoms with Crippen molar-refractivity contribution in [1.29, 1.82) is 0 Å². The van der Waals surface area contributed by atoms with Crippen molar-refractivity contribution in [3.8, 4) is 11.4 Å². The van der Waals surface area contributed by atoms with Crippen molar-refractivity contribution < 1.29 is 14.6 Å². The van der Waals surface area contributed by atoms with Gasteiger partial charge >= 0.3 is 0 Å². The molecule has 146 valence electrons. The van der Waals surface area contributed by atoms with Crippen LogP contribution in [0, 0.1) is 13.8 Å². The van der Waals surface area contributed by atoms with Gasteiger partial charge in [0.2, 0.25) is 0 Å². The van der Waals surface area contributed by atoms with E-state index < -0.39 is 0 Å². The van der Waals surface area contributed by atoms with Gasteiger partial charge in [0, 0.05) is 0 Å². The number of nitrogens with zero attached hydrogens (tertiary/aromatic N) is 3. The first-order chi connectivity index (χ1) is 14.0. The third-order valence-electron chi connectivity index (χ3n) is 5.04. The van der Waals surface area contributed by atoms with Gasteiger partial charge in [-0.2, -0.15) is 0 Å². The van der Waals surface area contributed by atoms with E-state index in [9.17, 15) is 9.90 Å². The van der Waals surface area contributed by atoms with E-state index in [4.69, 9.17) is 4.74 Å². The molecule has 1 heterocycles. The lowest BCUT2D eigenvalue weighted by Crippen LogP contribution is -2.00. The molecule has 6 heteroatoms. The molecule has 29 heavy (non-hydrogen) atoms. The minimum atomic E-state index is 0.124. The van der Waals surface area contributed by atoms with Gasteiger partial charge in [-0.1, -0.05) is 30.3 Å². The van der Waals surface area contributed by atoms with Crippen LogP contribution in [0.25, 0.3) is 16.7 Å². The fraction of sp³-hybridized carbons (Fsp3) is 0.174. The maximum absolute atomic E-state index is 10.6. The normalized spacial score (nSPS) is 11.0. The molecule has 0 atom stereocenters. The van der Waals surface area contributed by atoms with Gasteiger partial charge in [0.05, 0.1) is 0 Å². The summed E-state index contributed by atoms with van der Waals surface area (Å²) in [6.07, 6.45) is 0.751. The first kappa shape index (κ1) is 18.7. The van der Waals surface area contributed by atoms with Crippen LogP contribution in [0.1, 0.15) is 27.8 Å². The Hall–Kier alpha value is -3.67. The van der Waals surface area contributed by atoms with Gasteiger partial charge in [-0.25, -0.2) is 0 Å². The van der Waals surface area contributed by atoms with Gasteiger partial charge < -0.3 is 9.84 Å². The fourth-order valence-corrected chi connectivity index (χ4v) is 3.47. The summed E-state index contributed by atoms with van der Waals surface area (Å²) in [5, 5.41) is 19.5. The van der Waals surface area contributed by atoms with E-state index >= 15 is 0 Å². The Morgan fingerprint density at radius 2 is 1.69 bits per heavy atom. The number of hydrogen-bond acceptors (Lipinski definition) is 5. The highest BCUT2D eigenvalue weighted by atomic mass is 16.5. The predicted molar refractivity (Wildman–Crippen MR) is 110 cm³/mol. The first-order valence-corrected chi connectivity index (χ1v) is 9.34. The maximum atomic E-state index is 10.6. The van der Waals surface area contributed by atoms with Gasteiger partial charge in [-0.3, -0.25) is 4.79 Å². The zero-order valence-corrected chi connectivity index (χ0v) is 16.3. The van der Waals surface area contributed by atoms with E-state index in [1.54, 1.807) is 6.07 Å². The van der Waals surface area contributed by atoms with E-state index in [2.05, 4.69) is 42.2 Å². The number of aromatic hydroxyl groups is 1. The van der Waals surface area contributed by atoms with Crippen molar-refractivity contribution in [3.05, 3.63) is 82.4 Å². The number of fused-ring (bicyclic) bond motifs is 1. The zero-order chi connectivity index (χ0) is 20.4. The number of carbonyl (C=O) groups excluding carboxylic acids is 1. The van der Waals surface area contributed by atoms with Crippen molar-refractivity contribution in [2.45, 2.75) is 26.9 Å². The molecule has 1 aromatic heterocycles. The number of hydrogen-bond donors (Lipinski definition) is 1. The molecule has 6 nitrogen and oxygen atoms in total. The van der Waals surface area contributed by atoms with Crippen molar-refractivity contribution >= 4 is 17.5 Å². The van der Waals surface area contributed by atoms with E-state index in [-0.39, 0.29) is 12.4 Å². The standard InChI is InChI=1S/C23H21N3O3/c1-15-4-3-5-16(2)19(15)10-17-7-9-22(23(28)12-17)26-24-20-8-6-18(13-29-14-27)11-21(20)25-26/h3-9,11-12,14,28H,10,13H2,1-2H3. The number of aryl methyl sites for hydroxylation is 2. The Labute approximate surface area is 168 Å². The molecular formula is C23H21N3O3. The van der Waals surface area contributed by atoms with Crippen LogP contribution in [0.4, 0.5) is 0 Å². The second-order valence-electron chi connectivity index (χ2n) is 7.09. The molecule has 0 radical (unpaired) electrons. The molecule has 0 bridgehead atoms. The van der Waals surface area contributed by atoms with Crippen molar-refractivity contribution in [2.75, 3.05) is 0 Å². The summed E-state index contributed by atoms with van der Waals surface area (Å²) < 4.78 is 4.78. The van der Waals surface area contributed by atoms with E-state index in [0.29, 0.717) is 23.2 Å². The second-order valence-corrected chi connectivity index (χ2v) is 7.09. The van der Waals surface area contributed by atoms with Crippen LogP contribution < -0.4 is 0 Å². The number of ether oxygens (including phenoxy) is 1. The van der Waals surface area contributed by atoms with Crippen LogP contribution in [0.15, 0.2) is 54.6 Å². The average molecular weight is 387 g/mol. The second kappa shape index (κ2) is 7.75. The van der Waals surface area contributed by atoms with Crippen LogP contribution in [0.5, 0.6) is 5.75 Å². The van der Waals surface area contributed by atoms with Gasteiger partial charge in [0.1, 0.15) is 29.1 Å². The van der Waals surface area contributed by atoms with Crippen molar-refractivity contribution in [1.82, 2.24) is 15.0 Å². The Balaban J connectivity index is 1.63. The lowest BCUT2D eigenvalue weighted by atomic mass is 9.96. The molecule has 1 N–H and O–H groups in total. The predicted octanol–water partition coefficient (Wildman–Crippen LogP) is 4.01. The smallest absolute Gasteiger partial charge is 0.293 e. The lowest BCUT2D eigenvalue weighted by Gasteiger charge is -2.11. The van der Waals surface area contributed by atoms with Crippen LogP contribution >= 0.6 is 0 Å². The zero-order valence-electron chi connectivity index (χ0n) is 16.3. The molecule has 0 saturated carbocycles. The fourth-order valence-electron chi connectivity index (χ4n) is 3.47. The summed E-state index contributed by atoms with van der Waals surface area (Å²) in [5.74, 6) is 0.124. The molecule has 0 spiro atoms. The first-order valence-electron chi connectivity index (χ1n) is 9.34.